The molecule has 2 unspecified atom stereocenters. The Labute approximate surface area is 82.4 Å². The van der Waals surface area contributed by atoms with E-state index < -0.39 is 0 Å². The fourth-order valence-corrected chi connectivity index (χ4v) is 2.51. The predicted molar refractivity (Wildman–Crippen MR) is 59.7 cm³/mol. The lowest BCUT2D eigenvalue weighted by atomic mass is 10.0. The summed E-state index contributed by atoms with van der Waals surface area (Å²) in [5.74, 6) is 0.862. The molecular weight excluding hydrogens is 179 g/mol. The fraction of sp³-hybridized carbons (Fsp3) is 0.727. The van der Waals surface area contributed by atoms with Gasteiger partial charge in [-0.1, -0.05) is 26.0 Å². The molecule has 0 saturated heterocycles. The minimum absolute atomic E-state index is 0.0710. The lowest BCUT2D eigenvalue weighted by Crippen LogP contribution is -2.21. The molecule has 1 aliphatic carbocycles. The van der Waals surface area contributed by atoms with Gasteiger partial charge in [-0.15, -0.1) is 7.92 Å². The maximum absolute atomic E-state index is 11.6. The Morgan fingerprint density at radius 2 is 2.15 bits per heavy atom. The van der Waals surface area contributed by atoms with Crippen LogP contribution in [-0.2, 0) is 4.79 Å². The van der Waals surface area contributed by atoms with E-state index in [-0.39, 0.29) is 13.1 Å². The van der Waals surface area contributed by atoms with Crippen molar-refractivity contribution in [2.24, 2.45) is 5.92 Å². The van der Waals surface area contributed by atoms with Crippen LogP contribution in [0.2, 0.25) is 0 Å². The molecule has 0 heterocycles. The molecule has 74 valence electrons. The number of carbonyl (C=O) groups is 1. The summed E-state index contributed by atoms with van der Waals surface area (Å²) in [5.41, 5.74) is 0. The van der Waals surface area contributed by atoms with Crippen molar-refractivity contribution in [1.82, 2.24) is 0 Å². The average Bonchev–Trinajstić information content (AvgIpc) is 2.11. The van der Waals surface area contributed by atoms with E-state index in [1.54, 1.807) is 0 Å². The van der Waals surface area contributed by atoms with E-state index >= 15 is 0 Å². The molecule has 0 spiro atoms. The van der Waals surface area contributed by atoms with Crippen LogP contribution in [0.25, 0.3) is 0 Å². The van der Waals surface area contributed by atoms with Gasteiger partial charge in [-0.25, -0.2) is 0 Å². The largest absolute Gasteiger partial charge is 0.300 e. The van der Waals surface area contributed by atoms with E-state index in [4.69, 9.17) is 0 Å². The molecule has 13 heavy (non-hydrogen) atoms. The van der Waals surface area contributed by atoms with Crippen LogP contribution in [0.5, 0.6) is 0 Å². The van der Waals surface area contributed by atoms with Crippen LogP contribution in [0, 0.1) is 5.92 Å². The van der Waals surface area contributed by atoms with Crippen molar-refractivity contribution in [1.29, 1.82) is 0 Å². The van der Waals surface area contributed by atoms with Crippen LogP contribution in [0.1, 0.15) is 26.7 Å². The number of hydrogen-bond donors (Lipinski definition) is 0. The number of allylic oxidation sites excluding steroid dienone is 2. The maximum Gasteiger partial charge on any atom is 0.134 e. The van der Waals surface area contributed by atoms with Crippen LogP contribution >= 0.6 is 7.92 Å². The molecule has 1 rings (SSSR count). The maximum atomic E-state index is 11.6. The minimum atomic E-state index is -0.0710. The molecule has 0 amide bonds. The number of carbonyl (C=O) groups excluding carboxylic acids is 1. The molecule has 0 aromatic carbocycles. The van der Waals surface area contributed by atoms with Gasteiger partial charge >= 0.3 is 0 Å². The summed E-state index contributed by atoms with van der Waals surface area (Å²) < 4.78 is 0. The summed E-state index contributed by atoms with van der Waals surface area (Å²) in [6.45, 7) is 8.84. The third kappa shape index (κ3) is 2.64. The summed E-state index contributed by atoms with van der Waals surface area (Å²) >= 11 is 0. The molecule has 0 radical (unpaired) electrons. The second-order valence-electron chi connectivity index (χ2n) is 4.51. The third-order valence-electron chi connectivity index (χ3n) is 2.91. The van der Waals surface area contributed by atoms with E-state index in [2.05, 4.69) is 39.3 Å². The van der Waals surface area contributed by atoms with Gasteiger partial charge < -0.3 is 0 Å². The van der Waals surface area contributed by atoms with E-state index in [1.807, 2.05) is 0 Å². The zero-order valence-electron chi connectivity index (χ0n) is 9.00. The third-order valence-corrected chi connectivity index (χ3v) is 5.26. The first-order valence-corrected chi connectivity index (χ1v) is 7.06. The Bertz CT molecular complexity index is 232. The Morgan fingerprint density at radius 3 is 2.69 bits per heavy atom. The van der Waals surface area contributed by atoms with Crippen molar-refractivity contribution < 1.29 is 4.79 Å². The molecule has 0 saturated carbocycles. The molecule has 0 fully saturated rings. The van der Waals surface area contributed by atoms with Gasteiger partial charge in [-0.3, -0.25) is 4.79 Å². The highest BCUT2D eigenvalue weighted by molar-refractivity contribution is 7.58. The first kappa shape index (κ1) is 10.9. The quantitative estimate of drug-likeness (QED) is 0.467. The second-order valence-corrected chi connectivity index (χ2v) is 7.32. The van der Waals surface area contributed by atoms with Gasteiger partial charge in [0.25, 0.3) is 0 Å². The molecule has 0 aliphatic heterocycles. The SMILES string of the molecule is CC1C=CC(C)(P(C)C)CC(=O)C1. The lowest BCUT2D eigenvalue weighted by molar-refractivity contribution is -0.119. The Kier molecular flexibility index (Phi) is 3.29. The molecular formula is C11H19OP. The molecule has 0 aromatic heterocycles. The van der Waals surface area contributed by atoms with Gasteiger partial charge in [0.2, 0.25) is 0 Å². The zero-order valence-corrected chi connectivity index (χ0v) is 9.90. The number of ketones is 1. The van der Waals surface area contributed by atoms with Gasteiger partial charge in [0.15, 0.2) is 0 Å². The summed E-state index contributed by atoms with van der Waals surface area (Å²) in [4.78, 5) is 11.6. The van der Waals surface area contributed by atoms with Crippen LogP contribution in [0.3, 0.4) is 0 Å². The number of hydrogen-bond acceptors (Lipinski definition) is 1. The van der Waals surface area contributed by atoms with Gasteiger partial charge in [-0.05, 0) is 19.2 Å². The monoisotopic (exact) mass is 198 g/mol. The molecule has 0 N–H and O–H groups in total. The van der Waals surface area contributed by atoms with Crippen LogP contribution in [0.4, 0.5) is 0 Å². The van der Waals surface area contributed by atoms with Gasteiger partial charge in [-0.2, -0.15) is 0 Å². The fourth-order valence-electron chi connectivity index (χ4n) is 1.64. The standard InChI is InChI=1S/C11H19OP/c1-9-5-6-11(2,13(3)4)8-10(12)7-9/h5-6,9H,7-8H2,1-4H3. The van der Waals surface area contributed by atoms with Crippen molar-refractivity contribution >= 4 is 13.7 Å². The molecule has 0 aromatic rings. The first-order chi connectivity index (χ1) is 5.94. The van der Waals surface area contributed by atoms with E-state index in [0.717, 1.165) is 12.8 Å². The van der Waals surface area contributed by atoms with Gasteiger partial charge in [0.1, 0.15) is 5.78 Å². The second kappa shape index (κ2) is 3.92. The summed E-state index contributed by atoms with van der Waals surface area (Å²) in [6.07, 6.45) is 5.96. The van der Waals surface area contributed by atoms with Crippen molar-refractivity contribution in [3.05, 3.63) is 12.2 Å². The Morgan fingerprint density at radius 1 is 1.54 bits per heavy atom. The Hall–Kier alpha value is -0.160. The molecule has 1 nitrogen and oxygen atoms in total. The van der Waals surface area contributed by atoms with Crippen molar-refractivity contribution in [2.45, 2.75) is 31.8 Å². The predicted octanol–water partition coefficient (Wildman–Crippen LogP) is 3.04. The van der Waals surface area contributed by atoms with Crippen molar-refractivity contribution in [3.63, 3.8) is 0 Å². The van der Waals surface area contributed by atoms with E-state index in [9.17, 15) is 4.79 Å². The first-order valence-electron chi connectivity index (χ1n) is 4.82. The topological polar surface area (TPSA) is 17.1 Å². The zero-order chi connectivity index (χ0) is 10.1. The number of rotatable bonds is 1. The van der Waals surface area contributed by atoms with Gasteiger partial charge in [0, 0.05) is 18.0 Å². The van der Waals surface area contributed by atoms with Gasteiger partial charge in [0.05, 0.1) is 0 Å². The van der Waals surface area contributed by atoms with Crippen molar-refractivity contribution in [2.75, 3.05) is 13.3 Å². The summed E-state index contributed by atoms with van der Waals surface area (Å²) in [5, 5.41) is 0.150. The van der Waals surface area contributed by atoms with Crippen LogP contribution in [-0.4, -0.2) is 24.3 Å². The Balaban J connectivity index is 2.86. The average molecular weight is 198 g/mol. The highest BCUT2D eigenvalue weighted by Crippen LogP contribution is 2.47. The van der Waals surface area contributed by atoms with Crippen molar-refractivity contribution in [3.8, 4) is 0 Å². The van der Waals surface area contributed by atoms with E-state index in [0.29, 0.717) is 11.7 Å². The van der Waals surface area contributed by atoms with E-state index in [1.165, 1.54) is 0 Å². The summed E-state index contributed by atoms with van der Waals surface area (Å²) in [6, 6.07) is 0. The summed E-state index contributed by atoms with van der Waals surface area (Å²) in [7, 11) is -0.0710. The molecule has 2 atom stereocenters. The normalized spacial score (nSPS) is 35.2. The number of Topliss-reactive ketones (excluding diaryl/α,β-unsaturated/α-hetero) is 1. The van der Waals surface area contributed by atoms with Crippen LogP contribution in [0.15, 0.2) is 12.2 Å². The van der Waals surface area contributed by atoms with Crippen LogP contribution < -0.4 is 0 Å². The molecule has 1 aliphatic rings. The smallest absolute Gasteiger partial charge is 0.134 e. The highest BCUT2D eigenvalue weighted by atomic mass is 31.1. The molecule has 0 bridgehead atoms. The minimum Gasteiger partial charge on any atom is -0.300 e. The molecule has 2 heteroatoms. The highest BCUT2D eigenvalue weighted by Gasteiger charge is 2.30. The lowest BCUT2D eigenvalue weighted by Gasteiger charge is -2.29.